The zero-order valence-electron chi connectivity index (χ0n) is 10.4. The van der Waals surface area contributed by atoms with Crippen molar-refractivity contribution >= 4 is 12.6 Å². The van der Waals surface area contributed by atoms with Crippen LogP contribution in [0.2, 0.25) is 0 Å². The summed E-state index contributed by atoms with van der Waals surface area (Å²) in [4.78, 5) is 8.86. The van der Waals surface area contributed by atoms with Crippen molar-refractivity contribution in [2.24, 2.45) is 0 Å². The average molecular weight is 244 g/mol. The first-order valence-corrected chi connectivity index (χ1v) is 6.26. The highest BCUT2D eigenvalue weighted by Crippen LogP contribution is 2.23. The summed E-state index contributed by atoms with van der Waals surface area (Å²) in [5, 5.41) is 0. The average Bonchev–Trinajstić information content (AvgIpc) is 2.28. The van der Waals surface area contributed by atoms with Crippen molar-refractivity contribution in [2.45, 2.75) is 26.5 Å². The van der Waals surface area contributed by atoms with Crippen LogP contribution in [0.4, 0.5) is 0 Å². The van der Waals surface area contributed by atoms with E-state index in [1.165, 1.54) is 16.7 Å². The Hall–Kier alpha value is -1.35. The topological polar surface area (TPSA) is 25.8 Å². The number of rotatable bonds is 2. The molecular weight excluding hydrogens is 228 g/mol. The summed E-state index contributed by atoms with van der Waals surface area (Å²) in [6, 6.07) is 8.42. The number of benzene rings is 1. The molecule has 2 rings (SSSR count). The number of thiol groups is 1. The van der Waals surface area contributed by atoms with Crippen molar-refractivity contribution in [1.29, 1.82) is 0 Å². The molecule has 0 bridgehead atoms. The molecule has 88 valence electrons. The SMILES string of the molecule is Cc1ccc(-c2cc(C)nc(CS)n2)c(C)c1. The van der Waals surface area contributed by atoms with E-state index >= 15 is 0 Å². The summed E-state index contributed by atoms with van der Waals surface area (Å²) in [5.41, 5.74) is 5.65. The minimum absolute atomic E-state index is 0.569. The number of hydrogen-bond donors (Lipinski definition) is 1. The van der Waals surface area contributed by atoms with Gasteiger partial charge >= 0.3 is 0 Å². The van der Waals surface area contributed by atoms with Gasteiger partial charge < -0.3 is 0 Å². The fraction of sp³-hybridized carbons (Fsp3) is 0.286. The molecule has 1 heterocycles. The Morgan fingerprint density at radius 1 is 1.06 bits per heavy atom. The molecule has 2 aromatic rings. The van der Waals surface area contributed by atoms with Crippen molar-refractivity contribution in [3.05, 3.63) is 46.9 Å². The molecule has 0 radical (unpaired) electrons. The molecule has 0 fully saturated rings. The zero-order chi connectivity index (χ0) is 12.4. The van der Waals surface area contributed by atoms with Gasteiger partial charge in [-0.15, -0.1) is 0 Å². The van der Waals surface area contributed by atoms with Gasteiger partial charge in [-0.3, -0.25) is 0 Å². The summed E-state index contributed by atoms with van der Waals surface area (Å²) in [6.07, 6.45) is 0. The summed E-state index contributed by atoms with van der Waals surface area (Å²) >= 11 is 4.23. The van der Waals surface area contributed by atoms with Gasteiger partial charge in [0.25, 0.3) is 0 Å². The fourth-order valence-electron chi connectivity index (χ4n) is 1.94. The molecule has 1 aromatic heterocycles. The highest BCUT2D eigenvalue weighted by Gasteiger charge is 2.06. The predicted octanol–water partition coefficient (Wildman–Crippen LogP) is 3.50. The molecule has 0 saturated heterocycles. The van der Waals surface area contributed by atoms with Crippen LogP contribution in [-0.4, -0.2) is 9.97 Å². The number of aromatic nitrogens is 2. The molecular formula is C14H16N2S. The van der Waals surface area contributed by atoms with Crippen LogP contribution in [0.5, 0.6) is 0 Å². The molecule has 0 aliphatic heterocycles. The van der Waals surface area contributed by atoms with E-state index in [2.05, 4.69) is 54.6 Å². The maximum absolute atomic E-state index is 4.53. The second-order valence-corrected chi connectivity index (χ2v) is 4.60. The van der Waals surface area contributed by atoms with E-state index in [1.54, 1.807) is 0 Å². The van der Waals surface area contributed by atoms with Crippen LogP contribution in [0.3, 0.4) is 0 Å². The van der Waals surface area contributed by atoms with E-state index in [0.29, 0.717) is 5.75 Å². The third-order valence-corrected chi connectivity index (χ3v) is 2.98. The molecule has 2 nitrogen and oxygen atoms in total. The van der Waals surface area contributed by atoms with Crippen LogP contribution in [-0.2, 0) is 5.75 Å². The number of nitrogens with zero attached hydrogens (tertiary/aromatic N) is 2. The van der Waals surface area contributed by atoms with Crippen molar-refractivity contribution < 1.29 is 0 Å². The molecule has 0 spiro atoms. The van der Waals surface area contributed by atoms with E-state index in [0.717, 1.165) is 17.2 Å². The Kier molecular flexibility index (Phi) is 3.48. The lowest BCUT2D eigenvalue weighted by atomic mass is 10.0. The Bertz CT molecular complexity index is 550. The standard InChI is InChI=1S/C14H16N2S/c1-9-4-5-12(10(2)6-9)13-7-11(3)15-14(8-17)16-13/h4-7,17H,8H2,1-3H3. The van der Waals surface area contributed by atoms with Gasteiger partial charge in [0, 0.05) is 11.3 Å². The lowest BCUT2D eigenvalue weighted by Gasteiger charge is -2.08. The monoisotopic (exact) mass is 244 g/mol. The fourth-order valence-corrected chi connectivity index (χ4v) is 2.08. The van der Waals surface area contributed by atoms with Crippen LogP contribution in [0.1, 0.15) is 22.6 Å². The van der Waals surface area contributed by atoms with E-state index in [1.807, 2.05) is 13.0 Å². The highest BCUT2D eigenvalue weighted by atomic mass is 32.1. The second kappa shape index (κ2) is 4.88. The van der Waals surface area contributed by atoms with Crippen molar-refractivity contribution in [2.75, 3.05) is 0 Å². The Labute approximate surface area is 108 Å². The van der Waals surface area contributed by atoms with Gasteiger partial charge in [0.1, 0.15) is 5.82 Å². The predicted molar refractivity (Wildman–Crippen MR) is 74.4 cm³/mol. The van der Waals surface area contributed by atoms with Crippen molar-refractivity contribution in [3.63, 3.8) is 0 Å². The van der Waals surface area contributed by atoms with Gasteiger partial charge in [0.2, 0.25) is 0 Å². The van der Waals surface area contributed by atoms with Crippen molar-refractivity contribution in [1.82, 2.24) is 9.97 Å². The smallest absolute Gasteiger partial charge is 0.138 e. The minimum atomic E-state index is 0.569. The van der Waals surface area contributed by atoms with Crippen LogP contribution >= 0.6 is 12.6 Å². The van der Waals surface area contributed by atoms with Gasteiger partial charge in [-0.05, 0) is 32.4 Å². The van der Waals surface area contributed by atoms with E-state index in [9.17, 15) is 0 Å². The molecule has 17 heavy (non-hydrogen) atoms. The van der Waals surface area contributed by atoms with Gasteiger partial charge in [0.15, 0.2) is 0 Å². The molecule has 0 aliphatic carbocycles. The Morgan fingerprint density at radius 2 is 1.82 bits per heavy atom. The largest absolute Gasteiger partial charge is 0.237 e. The summed E-state index contributed by atoms with van der Waals surface area (Å²) in [5.74, 6) is 1.35. The number of hydrogen-bond acceptors (Lipinski definition) is 3. The van der Waals surface area contributed by atoms with E-state index in [4.69, 9.17) is 0 Å². The lowest BCUT2D eigenvalue weighted by Crippen LogP contribution is -1.97. The van der Waals surface area contributed by atoms with Gasteiger partial charge in [-0.1, -0.05) is 23.8 Å². The Balaban J connectivity index is 2.55. The van der Waals surface area contributed by atoms with Gasteiger partial charge in [-0.2, -0.15) is 12.6 Å². The lowest BCUT2D eigenvalue weighted by molar-refractivity contribution is 1.00. The molecule has 0 saturated carbocycles. The normalized spacial score (nSPS) is 10.6. The molecule has 3 heteroatoms. The molecule has 0 amide bonds. The molecule has 0 aliphatic rings. The molecule has 1 aromatic carbocycles. The molecule has 0 atom stereocenters. The summed E-state index contributed by atoms with van der Waals surface area (Å²) in [7, 11) is 0. The third-order valence-electron chi connectivity index (χ3n) is 2.70. The quantitative estimate of drug-likeness (QED) is 0.818. The molecule has 0 unspecified atom stereocenters. The van der Waals surface area contributed by atoms with Crippen LogP contribution in [0.25, 0.3) is 11.3 Å². The maximum atomic E-state index is 4.53. The van der Waals surface area contributed by atoms with Gasteiger partial charge in [0.05, 0.1) is 11.4 Å². The zero-order valence-corrected chi connectivity index (χ0v) is 11.3. The third kappa shape index (κ3) is 2.67. The van der Waals surface area contributed by atoms with E-state index in [-0.39, 0.29) is 0 Å². The first-order chi connectivity index (χ1) is 8.10. The Morgan fingerprint density at radius 3 is 2.47 bits per heavy atom. The summed E-state index contributed by atoms with van der Waals surface area (Å²) in [6.45, 7) is 6.20. The van der Waals surface area contributed by atoms with Crippen LogP contribution < -0.4 is 0 Å². The van der Waals surface area contributed by atoms with Crippen molar-refractivity contribution in [3.8, 4) is 11.3 Å². The van der Waals surface area contributed by atoms with E-state index < -0.39 is 0 Å². The first kappa shape index (κ1) is 12.1. The first-order valence-electron chi connectivity index (χ1n) is 5.63. The second-order valence-electron chi connectivity index (χ2n) is 4.29. The maximum Gasteiger partial charge on any atom is 0.138 e. The van der Waals surface area contributed by atoms with Gasteiger partial charge in [-0.25, -0.2) is 9.97 Å². The minimum Gasteiger partial charge on any atom is -0.237 e. The highest BCUT2D eigenvalue weighted by molar-refractivity contribution is 7.79. The van der Waals surface area contributed by atoms with Crippen LogP contribution in [0, 0.1) is 20.8 Å². The summed E-state index contributed by atoms with van der Waals surface area (Å²) < 4.78 is 0. The van der Waals surface area contributed by atoms with Crippen LogP contribution in [0.15, 0.2) is 24.3 Å². The number of aryl methyl sites for hydroxylation is 3. The molecule has 0 N–H and O–H groups in total.